The van der Waals surface area contributed by atoms with Gasteiger partial charge in [-0.05, 0) is 66.1 Å². The van der Waals surface area contributed by atoms with Gasteiger partial charge in [0.15, 0.2) is 0 Å². The number of benzene rings is 2. The van der Waals surface area contributed by atoms with E-state index < -0.39 is 3.93 Å². The Morgan fingerprint density at radius 3 is 2.14 bits per heavy atom. The highest BCUT2D eigenvalue weighted by Gasteiger charge is 2.21. The first kappa shape index (κ1) is 24.2. The average molecular weight is 591 g/mol. The van der Waals surface area contributed by atoms with Gasteiger partial charge in [0.05, 0.1) is 0 Å². The van der Waals surface area contributed by atoms with Crippen molar-refractivity contribution in [1.82, 2.24) is 0 Å². The average Bonchev–Trinajstić information content (AvgIpc) is 2.64. The van der Waals surface area contributed by atoms with Crippen molar-refractivity contribution in [2.75, 3.05) is 0 Å². The Morgan fingerprint density at radius 1 is 0.786 bits per heavy atom. The van der Waals surface area contributed by atoms with Crippen LogP contribution in [0.3, 0.4) is 0 Å². The first-order chi connectivity index (χ1) is 13.4. The molecule has 1 N–H and O–H groups in total. The van der Waals surface area contributed by atoms with Crippen LogP contribution in [0.2, 0.25) is 6.04 Å². The molecule has 0 saturated heterocycles. The minimum atomic E-state index is -1.58. The van der Waals surface area contributed by atoms with E-state index in [0.717, 1.165) is 18.9 Å². The molecule has 0 atom stereocenters. The van der Waals surface area contributed by atoms with Crippen molar-refractivity contribution in [1.29, 1.82) is 0 Å². The van der Waals surface area contributed by atoms with Crippen LogP contribution in [0.15, 0.2) is 42.5 Å². The Hall–Kier alpha value is -0.103. The summed E-state index contributed by atoms with van der Waals surface area (Å²) in [6.45, 7) is 2.26. The Balaban J connectivity index is 1.96. The van der Waals surface area contributed by atoms with Crippen molar-refractivity contribution < 1.29 is 5.11 Å². The molecule has 28 heavy (non-hydrogen) atoms. The third-order valence-corrected chi connectivity index (χ3v) is 9.57. The van der Waals surface area contributed by atoms with Gasteiger partial charge in [-0.3, -0.25) is 0 Å². The van der Waals surface area contributed by atoms with Crippen LogP contribution in [0.1, 0.15) is 63.0 Å². The molecule has 2 rings (SSSR count). The summed E-state index contributed by atoms with van der Waals surface area (Å²) in [6, 6.07) is 15.9. The molecule has 0 radical (unpaired) electrons. The van der Waals surface area contributed by atoms with Crippen molar-refractivity contribution in [2.45, 2.75) is 70.8 Å². The second kappa shape index (κ2) is 12.6. The van der Waals surface area contributed by atoms with Gasteiger partial charge in [-0.2, -0.15) is 0 Å². The van der Waals surface area contributed by atoms with Crippen LogP contribution in [0.25, 0.3) is 11.1 Å². The zero-order chi connectivity index (χ0) is 20.4. The third-order valence-electron chi connectivity index (χ3n) is 5.08. The monoisotopic (exact) mass is 588 g/mol. The van der Waals surface area contributed by atoms with Crippen molar-refractivity contribution in [3.05, 3.63) is 53.6 Å². The molecule has 0 fully saturated rings. The fraction of sp³-hybridized carbons (Fsp3) is 0.478. The van der Waals surface area contributed by atoms with Crippen molar-refractivity contribution in [2.24, 2.45) is 0 Å². The summed E-state index contributed by atoms with van der Waals surface area (Å²) in [5, 5.41) is 9.94. The molecule has 154 valence electrons. The van der Waals surface area contributed by atoms with Gasteiger partial charge < -0.3 is 5.11 Å². The zero-order valence-electron chi connectivity index (χ0n) is 16.7. The largest absolute Gasteiger partial charge is 0.508 e. The molecule has 0 aliphatic carbocycles. The molecule has 0 heterocycles. The first-order valence-corrected chi connectivity index (χ1v) is 19.3. The van der Waals surface area contributed by atoms with Crippen molar-refractivity contribution >= 4 is 49.8 Å². The third kappa shape index (κ3) is 9.14. The van der Waals surface area contributed by atoms with E-state index in [4.69, 9.17) is 0 Å². The predicted molar refractivity (Wildman–Crippen MR) is 136 cm³/mol. The molecule has 0 saturated carbocycles. The summed E-state index contributed by atoms with van der Waals surface area (Å²) >= 11 is 11.1. The van der Waals surface area contributed by atoms with E-state index in [9.17, 15) is 5.11 Å². The molecule has 0 spiro atoms. The van der Waals surface area contributed by atoms with Crippen LogP contribution in [0.4, 0.5) is 0 Å². The number of aromatic hydroxyl groups is 1. The summed E-state index contributed by atoms with van der Waals surface area (Å²) in [7, 11) is 0. The highest BCUT2D eigenvalue weighted by Crippen LogP contribution is 2.35. The first-order valence-electron chi connectivity index (χ1n) is 10.4. The maximum Gasteiger partial charge on any atom is 0.267 e. The van der Waals surface area contributed by atoms with Crippen LogP contribution in [0, 0.1) is 0 Å². The Bertz CT molecular complexity index is 711. The number of halogens is 3. The molecule has 0 aliphatic heterocycles. The van der Waals surface area contributed by atoms with Gasteiger partial charge in [-0.15, -0.1) is 0 Å². The van der Waals surface area contributed by atoms with Gasteiger partial charge in [0.25, 0.3) is 3.93 Å². The van der Waals surface area contributed by atoms with E-state index in [-0.39, 0.29) is 0 Å². The normalized spacial score (nSPS) is 11.7. The topological polar surface area (TPSA) is 20.2 Å². The number of rotatable bonds is 12. The maximum atomic E-state index is 9.94. The Kier molecular flexibility index (Phi) is 10.8. The lowest BCUT2D eigenvalue weighted by molar-refractivity contribution is 0.474. The summed E-state index contributed by atoms with van der Waals surface area (Å²) in [6.07, 6.45) is 11.2. The molecule has 0 aliphatic rings. The van der Waals surface area contributed by atoms with Crippen LogP contribution >= 0.6 is 45.9 Å². The maximum absolute atomic E-state index is 9.94. The molecule has 0 unspecified atom stereocenters. The van der Waals surface area contributed by atoms with Gasteiger partial charge in [-0.1, -0.05) is 115 Å². The van der Waals surface area contributed by atoms with Crippen LogP contribution in [0.5, 0.6) is 5.75 Å². The quantitative estimate of drug-likeness (QED) is 0.148. The summed E-state index contributed by atoms with van der Waals surface area (Å²) in [4.78, 5) is 0. The highest BCUT2D eigenvalue weighted by atomic mass is 80.0. The Morgan fingerprint density at radius 2 is 1.46 bits per heavy atom. The lowest BCUT2D eigenvalue weighted by Crippen LogP contribution is -2.06. The highest BCUT2D eigenvalue weighted by molar-refractivity contribution is 9.72. The van der Waals surface area contributed by atoms with Crippen LogP contribution in [-0.2, 0) is 12.8 Å². The minimum absolute atomic E-state index is 0.346. The molecule has 5 heteroatoms. The standard InChI is InChI=1S/C23H31Br3OSi/c1-2-3-4-5-6-7-9-19-11-13-20(14-12-19)23-16-15-22(27)18-21(23)10-8-17-28(24,25)26/h11-16,18,27H,2-10,17H2,1H3. The SMILES string of the molecule is CCCCCCCCc1ccc(-c2ccc(O)cc2CCC[Si](Br)(Br)Br)cc1. The lowest BCUT2D eigenvalue weighted by atomic mass is 9.95. The van der Waals surface area contributed by atoms with E-state index >= 15 is 0 Å². The molecular weight excluding hydrogens is 560 g/mol. The molecule has 0 bridgehead atoms. The van der Waals surface area contributed by atoms with Gasteiger partial charge in [-0.25, -0.2) is 0 Å². The second-order valence-corrected chi connectivity index (χ2v) is 31.0. The summed E-state index contributed by atoms with van der Waals surface area (Å²) < 4.78 is -1.58. The van der Waals surface area contributed by atoms with Gasteiger partial charge in [0, 0.05) is 0 Å². The van der Waals surface area contributed by atoms with E-state index in [0.29, 0.717) is 5.75 Å². The number of phenolic OH excluding ortho intramolecular Hbond substituents is 1. The fourth-order valence-electron chi connectivity index (χ4n) is 3.51. The molecule has 2 aromatic carbocycles. The molecule has 0 aromatic heterocycles. The minimum Gasteiger partial charge on any atom is -0.508 e. The number of hydrogen-bond acceptors (Lipinski definition) is 1. The smallest absolute Gasteiger partial charge is 0.267 e. The number of unbranched alkanes of at least 4 members (excludes halogenated alkanes) is 5. The van der Waals surface area contributed by atoms with E-state index in [1.165, 1.54) is 67.2 Å². The van der Waals surface area contributed by atoms with Crippen molar-refractivity contribution in [3.63, 3.8) is 0 Å². The second-order valence-electron chi connectivity index (χ2n) is 7.52. The lowest BCUT2D eigenvalue weighted by Gasteiger charge is -2.13. The molecule has 2 aromatic rings. The Labute approximate surface area is 195 Å². The summed E-state index contributed by atoms with van der Waals surface area (Å²) in [5.74, 6) is 0.346. The van der Waals surface area contributed by atoms with Gasteiger partial charge in [0.2, 0.25) is 0 Å². The fourth-order valence-corrected chi connectivity index (χ4v) is 6.61. The molecule has 0 amide bonds. The van der Waals surface area contributed by atoms with Gasteiger partial charge in [0.1, 0.15) is 5.75 Å². The zero-order valence-corrected chi connectivity index (χ0v) is 22.5. The van der Waals surface area contributed by atoms with E-state index in [2.05, 4.69) is 83.1 Å². The van der Waals surface area contributed by atoms with Crippen LogP contribution in [-0.4, -0.2) is 9.04 Å². The van der Waals surface area contributed by atoms with Crippen LogP contribution < -0.4 is 0 Å². The summed E-state index contributed by atoms with van der Waals surface area (Å²) in [5.41, 5.74) is 5.11. The number of phenols is 1. The number of aryl methyl sites for hydroxylation is 2. The van der Waals surface area contributed by atoms with Gasteiger partial charge >= 0.3 is 0 Å². The molecular formula is C23H31Br3OSi. The number of hydrogen-bond donors (Lipinski definition) is 1. The van der Waals surface area contributed by atoms with Crippen molar-refractivity contribution in [3.8, 4) is 16.9 Å². The predicted octanol–water partition coefficient (Wildman–Crippen LogP) is 9.02. The molecule has 1 nitrogen and oxygen atoms in total. The van der Waals surface area contributed by atoms with E-state index in [1.54, 1.807) is 6.07 Å². The van der Waals surface area contributed by atoms with E-state index in [1.807, 2.05) is 6.07 Å².